The van der Waals surface area contributed by atoms with E-state index in [9.17, 15) is 9.36 Å². The molecule has 0 spiro atoms. The summed E-state index contributed by atoms with van der Waals surface area (Å²) in [6.45, 7) is 8.26. The highest BCUT2D eigenvalue weighted by atomic mass is 31.1. The summed E-state index contributed by atoms with van der Waals surface area (Å²) in [5.74, 6) is 0.318. The van der Waals surface area contributed by atoms with Crippen molar-refractivity contribution in [3.05, 3.63) is 0 Å². The molecule has 0 aliphatic carbocycles. The van der Waals surface area contributed by atoms with Crippen molar-refractivity contribution in [1.29, 1.82) is 0 Å². The van der Waals surface area contributed by atoms with Crippen molar-refractivity contribution in [1.82, 2.24) is 0 Å². The Morgan fingerprint density at radius 3 is 1.88 bits per heavy atom. The maximum atomic E-state index is 10.4. The first-order valence-corrected chi connectivity index (χ1v) is 7.09. The van der Waals surface area contributed by atoms with Crippen LogP contribution in [0.25, 0.3) is 0 Å². The standard InChI is InChI=1S/C7H14O.C4H11O3P/c1-3-4-5-6-7(2)8;1-3-6-8(5)7-4-2/h3-6H2,1-2H3;8H,3-4H2,1-2H3. The van der Waals surface area contributed by atoms with Gasteiger partial charge < -0.3 is 13.8 Å². The van der Waals surface area contributed by atoms with Gasteiger partial charge in [-0.3, -0.25) is 4.57 Å². The Morgan fingerprint density at radius 2 is 1.56 bits per heavy atom. The zero-order valence-corrected chi connectivity index (χ0v) is 11.9. The van der Waals surface area contributed by atoms with Crippen LogP contribution in [0.15, 0.2) is 0 Å². The molecule has 0 bridgehead atoms. The van der Waals surface area contributed by atoms with Crippen LogP contribution in [-0.4, -0.2) is 19.0 Å². The van der Waals surface area contributed by atoms with Crippen LogP contribution in [0.5, 0.6) is 0 Å². The first-order valence-electron chi connectivity index (χ1n) is 5.87. The van der Waals surface area contributed by atoms with Crippen LogP contribution < -0.4 is 0 Å². The third kappa shape index (κ3) is 19.4. The van der Waals surface area contributed by atoms with E-state index in [1.165, 1.54) is 12.8 Å². The average Bonchev–Trinajstić information content (AvgIpc) is 2.19. The summed E-state index contributed by atoms with van der Waals surface area (Å²) in [6, 6.07) is 0. The SMILES string of the molecule is CCCCCC(C)=O.CCO[PH](=O)OCC. The predicted molar refractivity (Wildman–Crippen MR) is 67.1 cm³/mol. The van der Waals surface area contributed by atoms with Gasteiger partial charge in [0.2, 0.25) is 0 Å². The van der Waals surface area contributed by atoms with Gasteiger partial charge in [0, 0.05) is 6.42 Å². The highest BCUT2D eigenvalue weighted by Crippen LogP contribution is 2.21. The third-order valence-electron chi connectivity index (χ3n) is 1.66. The van der Waals surface area contributed by atoms with E-state index in [-0.39, 0.29) is 0 Å². The lowest BCUT2D eigenvalue weighted by Gasteiger charge is -1.97. The van der Waals surface area contributed by atoms with Gasteiger partial charge in [0.15, 0.2) is 0 Å². The van der Waals surface area contributed by atoms with E-state index < -0.39 is 8.25 Å². The fraction of sp³-hybridized carbons (Fsp3) is 0.909. The van der Waals surface area contributed by atoms with Crippen LogP contribution in [0.3, 0.4) is 0 Å². The van der Waals surface area contributed by atoms with Crippen molar-refractivity contribution in [3.8, 4) is 0 Å². The molecule has 0 aromatic carbocycles. The molecule has 0 aromatic rings. The van der Waals surface area contributed by atoms with E-state index in [0.29, 0.717) is 19.0 Å². The normalized spacial score (nSPS) is 9.81. The molecule has 0 saturated heterocycles. The van der Waals surface area contributed by atoms with Crippen molar-refractivity contribution in [2.75, 3.05) is 13.2 Å². The van der Waals surface area contributed by atoms with Crippen LogP contribution in [0.2, 0.25) is 0 Å². The maximum Gasteiger partial charge on any atom is 0.319 e. The molecule has 5 heteroatoms. The molecule has 0 radical (unpaired) electrons. The molecule has 0 rings (SSSR count). The van der Waals surface area contributed by atoms with E-state index in [4.69, 9.17) is 0 Å². The summed E-state index contributed by atoms with van der Waals surface area (Å²) >= 11 is 0. The molecule has 0 saturated carbocycles. The lowest BCUT2D eigenvalue weighted by Crippen LogP contribution is -1.87. The van der Waals surface area contributed by atoms with Gasteiger partial charge in [0.05, 0.1) is 13.2 Å². The minimum Gasteiger partial charge on any atom is -0.311 e. The zero-order valence-electron chi connectivity index (χ0n) is 10.9. The molecule has 0 N–H and O–H groups in total. The van der Waals surface area contributed by atoms with E-state index >= 15 is 0 Å². The fourth-order valence-corrected chi connectivity index (χ4v) is 1.46. The second-order valence-electron chi connectivity index (χ2n) is 3.28. The Balaban J connectivity index is 0. The minimum atomic E-state index is -2.14. The highest BCUT2D eigenvalue weighted by Gasteiger charge is 1.91. The molecule has 0 amide bonds. The fourth-order valence-electron chi connectivity index (χ4n) is 0.901. The Labute approximate surface area is 99.7 Å². The topological polar surface area (TPSA) is 52.6 Å². The number of hydrogen-bond donors (Lipinski definition) is 0. The summed E-state index contributed by atoms with van der Waals surface area (Å²) in [6.07, 6.45) is 4.24. The lowest BCUT2D eigenvalue weighted by molar-refractivity contribution is -0.117. The van der Waals surface area contributed by atoms with Crippen LogP contribution in [0, 0.1) is 0 Å². The first-order chi connectivity index (χ1) is 7.58. The molecule has 0 heterocycles. The smallest absolute Gasteiger partial charge is 0.311 e. The molecule has 0 atom stereocenters. The summed E-state index contributed by atoms with van der Waals surface area (Å²) in [5.41, 5.74) is 0. The number of Topliss-reactive ketones (excluding diaryl/α,β-unsaturated/α-hetero) is 1. The second-order valence-corrected chi connectivity index (χ2v) is 4.35. The Morgan fingerprint density at radius 1 is 1.06 bits per heavy atom. The molecular formula is C11H25O4P. The Bertz CT molecular complexity index is 175. The molecule has 4 nitrogen and oxygen atoms in total. The van der Waals surface area contributed by atoms with E-state index in [2.05, 4.69) is 16.0 Å². The van der Waals surface area contributed by atoms with Gasteiger partial charge in [-0.1, -0.05) is 19.8 Å². The zero-order chi connectivity index (χ0) is 12.8. The van der Waals surface area contributed by atoms with E-state index in [1.54, 1.807) is 20.8 Å². The molecular weight excluding hydrogens is 227 g/mol. The average molecular weight is 252 g/mol. The van der Waals surface area contributed by atoms with Gasteiger partial charge >= 0.3 is 8.25 Å². The number of hydrogen-bond acceptors (Lipinski definition) is 4. The van der Waals surface area contributed by atoms with Crippen LogP contribution in [0.4, 0.5) is 0 Å². The lowest BCUT2D eigenvalue weighted by atomic mass is 10.2. The van der Waals surface area contributed by atoms with Crippen molar-refractivity contribution in [2.45, 2.75) is 53.4 Å². The predicted octanol–water partition coefficient (Wildman–Crippen LogP) is 3.60. The van der Waals surface area contributed by atoms with Crippen molar-refractivity contribution < 1.29 is 18.4 Å². The quantitative estimate of drug-likeness (QED) is 0.489. The van der Waals surface area contributed by atoms with Gasteiger partial charge in [-0.15, -0.1) is 0 Å². The number of carbonyl (C=O) groups excluding carboxylic acids is 1. The minimum absolute atomic E-state index is 0.318. The van der Waals surface area contributed by atoms with Crippen molar-refractivity contribution in [2.24, 2.45) is 0 Å². The second kappa shape index (κ2) is 14.8. The molecule has 0 fully saturated rings. The van der Waals surface area contributed by atoms with Crippen molar-refractivity contribution in [3.63, 3.8) is 0 Å². The highest BCUT2D eigenvalue weighted by molar-refractivity contribution is 7.33. The van der Waals surface area contributed by atoms with Crippen LogP contribution in [0.1, 0.15) is 53.4 Å². The molecule has 0 aromatic heterocycles. The summed E-state index contributed by atoms with van der Waals surface area (Å²) < 4.78 is 19.6. The summed E-state index contributed by atoms with van der Waals surface area (Å²) in [5, 5.41) is 0. The molecule has 0 unspecified atom stereocenters. The van der Waals surface area contributed by atoms with E-state index in [1.807, 2.05) is 0 Å². The summed E-state index contributed by atoms with van der Waals surface area (Å²) in [4.78, 5) is 10.3. The van der Waals surface area contributed by atoms with Crippen LogP contribution in [-0.2, 0) is 18.4 Å². The largest absolute Gasteiger partial charge is 0.319 e. The van der Waals surface area contributed by atoms with Crippen molar-refractivity contribution >= 4 is 14.0 Å². The van der Waals surface area contributed by atoms with Crippen LogP contribution >= 0.6 is 8.25 Å². The Kier molecular flexibility index (Phi) is 16.9. The molecule has 98 valence electrons. The molecule has 0 aliphatic rings. The third-order valence-corrected chi connectivity index (χ3v) is 2.71. The molecule has 16 heavy (non-hydrogen) atoms. The molecule has 0 aliphatic heterocycles. The van der Waals surface area contributed by atoms with Gasteiger partial charge in [-0.25, -0.2) is 0 Å². The number of unbranched alkanes of at least 4 members (excludes halogenated alkanes) is 2. The van der Waals surface area contributed by atoms with Gasteiger partial charge in [-0.05, 0) is 27.2 Å². The van der Waals surface area contributed by atoms with E-state index in [0.717, 1.165) is 12.8 Å². The van der Waals surface area contributed by atoms with Gasteiger partial charge in [0.1, 0.15) is 5.78 Å². The first kappa shape index (κ1) is 18.2. The Hall–Kier alpha value is -0.180. The van der Waals surface area contributed by atoms with Gasteiger partial charge in [-0.2, -0.15) is 0 Å². The maximum absolute atomic E-state index is 10.4. The number of rotatable bonds is 8. The summed E-state index contributed by atoms with van der Waals surface area (Å²) in [7, 11) is -2.14. The monoisotopic (exact) mass is 252 g/mol. The number of carbonyl (C=O) groups is 1. The van der Waals surface area contributed by atoms with Gasteiger partial charge in [0.25, 0.3) is 0 Å². The number of ketones is 1.